The van der Waals surface area contributed by atoms with Crippen LogP contribution in [0.4, 0.5) is 13.2 Å². The number of aliphatic hydroxyl groups excluding tert-OH is 1. The first-order chi connectivity index (χ1) is 16.2. The summed E-state index contributed by atoms with van der Waals surface area (Å²) in [6.07, 6.45) is 3.40. The van der Waals surface area contributed by atoms with Crippen LogP contribution in [-0.2, 0) is 6.54 Å². The van der Waals surface area contributed by atoms with Gasteiger partial charge in [-0.25, -0.2) is 0 Å². The van der Waals surface area contributed by atoms with E-state index in [0.717, 1.165) is 17.5 Å². The molecular weight excluding hydrogens is 449 g/mol. The number of nitrogens with zero attached hydrogens (tertiary/aromatic N) is 4. The Morgan fingerprint density at radius 1 is 1.24 bits per heavy atom. The second kappa shape index (κ2) is 8.12. The van der Waals surface area contributed by atoms with E-state index >= 15 is 0 Å². The van der Waals surface area contributed by atoms with Crippen LogP contribution in [0.5, 0.6) is 0 Å². The fourth-order valence-electron chi connectivity index (χ4n) is 5.22. The number of fused-ring (bicyclic) bond motifs is 3. The van der Waals surface area contributed by atoms with Gasteiger partial charge in [-0.05, 0) is 37.8 Å². The van der Waals surface area contributed by atoms with Gasteiger partial charge in [0.1, 0.15) is 30.0 Å². The highest BCUT2D eigenvalue weighted by atomic mass is 19.4. The Hall–Kier alpha value is -3.40. The fraction of sp³-hybridized carbons (Fsp3) is 0.375. The number of aromatic nitrogens is 3. The summed E-state index contributed by atoms with van der Waals surface area (Å²) >= 11 is 0. The number of piperidine rings is 1. The Bertz CT molecular complexity index is 1280. The summed E-state index contributed by atoms with van der Waals surface area (Å²) in [6, 6.07) is 1.19. The largest absolute Gasteiger partial charge is 0.464 e. The molecule has 7 nitrogen and oxygen atoms in total. The van der Waals surface area contributed by atoms with Crippen molar-refractivity contribution in [3.05, 3.63) is 48.7 Å². The van der Waals surface area contributed by atoms with Crippen LogP contribution in [-0.4, -0.2) is 55.0 Å². The van der Waals surface area contributed by atoms with Gasteiger partial charge in [-0.3, -0.25) is 14.5 Å². The van der Waals surface area contributed by atoms with Crippen LogP contribution in [0.15, 0.2) is 36.1 Å². The van der Waals surface area contributed by atoms with Crippen molar-refractivity contribution in [2.45, 2.75) is 56.6 Å². The first-order valence-electron chi connectivity index (χ1n) is 11.0. The number of hydrogen-bond donors (Lipinski definition) is 1. The van der Waals surface area contributed by atoms with Crippen LogP contribution >= 0.6 is 0 Å². The number of rotatable bonds is 5. The minimum Gasteiger partial charge on any atom is -0.464 e. The molecule has 2 saturated heterocycles. The highest BCUT2D eigenvalue weighted by molar-refractivity contribution is 6.00. The van der Waals surface area contributed by atoms with Gasteiger partial charge in [0.2, 0.25) is 0 Å². The summed E-state index contributed by atoms with van der Waals surface area (Å²) in [4.78, 5) is 19.4. The van der Waals surface area contributed by atoms with Gasteiger partial charge in [0.15, 0.2) is 0 Å². The van der Waals surface area contributed by atoms with Crippen LogP contribution in [0.1, 0.15) is 47.5 Å². The van der Waals surface area contributed by atoms with Gasteiger partial charge in [-0.2, -0.15) is 18.3 Å². The molecule has 2 fully saturated rings. The lowest BCUT2D eigenvalue weighted by Crippen LogP contribution is -2.48. The molecule has 0 saturated carbocycles. The number of carbonyl (C=O) groups excluding carboxylic acids is 1. The number of alkyl halides is 3. The van der Waals surface area contributed by atoms with Crippen LogP contribution in [0.2, 0.25) is 0 Å². The van der Waals surface area contributed by atoms with E-state index in [-0.39, 0.29) is 34.9 Å². The summed E-state index contributed by atoms with van der Waals surface area (Å²) in [5.74, 6) is 0.0812. The van der Waals surface area contributed by atoms with Gasteiger partial charge in [0.25, 0.3) is 5.91 Å². The van der Waals surface area contributed by atoms with E-state index in [1.54, 1.807) is 4.90 Å². The summed E-state index contributed by atoms with van der Waals surface area (Å²) < 4.78 is 46.4. The molecule has 178 valence electrons. The maximum Gasteiger partial charge on any atom is 0.408 e. The first kappa shape index (κ1) is 22.4. The monoisotopic (exact) mass is 472 g/mol. The lowest BCUT2D eigenvalue weighted by molar-refractivity contribution is -0.141. The average Bonchev–Trinajstić information content (AvgIpc) is 3.43. The molecule has 2 atom stereocenters. The molecule has 2 unspecified atom stereocenters. The van der Waals surface area contributed by atoms with Gasteiger partial charge in [-0.15, -0.1) is 0 Å². The number of aliphatic hydroxyl groups is 1. The van der Waals surface area contributed by atoms with Crippen molar-refractivity contribution in [2.24, 2.45) is 0 Å². The van der Waals surface area contributed by atoms with Gasteiger partial charge in [0, 0.05) is 34.8 Å². The summed E-state index contributed by atoms with van der Waals surface area (Å²) in [6.45, 7) is 6.11. The second-order valence-corrected chi connectivity index (χ2v) is 8.77. The molecule has 5 rings (SSSR count). The Labute approximate surface area is 193 Å². The molecule has 0 radical (unpaired) electrons. The molecule has 10 heteroatoms. The molecule has 0 aliphatic carbocycles. The quantitative estimate of drug-likeness (QED) is 0.584. The summed E-state index contributed by atoms with van der Waals surface area (Å²) in [5, 5.41) is 14.6. The lowest BCUT2D eigenvalue weighted by Gasteiger charge is -2.37. The van der Waals surface area contributed by atoms with E-state index in [4.69, 9.17) is 4.42 Å². The van der Waals surface area contributed by atoms with Crippen molar-refractivity contribution in [2.75, 3.05) is 0 Å². The number of amides is 1. The Kier molecular flexibility index (Phi) is 5.35. The van der Waals surface area contributed by atoms with E-state index in [9.17, 15) is 23.1 Å². The topological polar surface area (TPSA) is 84.4 Å². The molecule has 1 amide bonds. The normalized spacial score (nSPS) is 22.4. The van der Waals surface area contributed by atoms with Crippen molar-refractivity contribution in [3.63, 3.8) is 0 Å². The van der Waals surface area contributed by atoms with E-state index in [0.29, 0.717) is 35.1 Å². The van der Waals surface area contributed by atoms with Crippen LogP contribution in [0, 0.1) is 0 Å². The summed E-state index contributed by atoms with van der Waals surface area (Å²) in [7, 11) is 0. The maximum absolute atomic E-state index is 13.4. The predicted octanol–water partition coefficient (Wildman–Crippen LogP) is 4.67. The lowest BCUT2D eigenvalue weighted by atomic mass is 9.99. The third-order valence-corrected chi connectivity index (χ3v) is 6.63. The van der Waals surface area contributed by atoms with Crippen molar-refractivity contribution < 1.29 is 27.5 Å². The van der Waals surface area contributed by atoms with Gasteiger partial charge >= 0.3 is 6.18 Å². The molecule has 2 aliphatic rings. The molecule has 1 N–H and O–H groups in total. The van der Waals surface area contributed by atoms with Crippen molar-refractivity contribution in [1.29, 1.82) is 0 Å². The Morgan fingerprint density at radius 3 is 2.56 bits per heavy atom. The molecule has 0 aromatic carbocycles. The van der Waals surface area contributed by atoms with Crippen LogP contribution < -0.4 is 0 Å². The third kappa shape index (κ3) is 3.71. The van der Waals surface area contributed by atoms with Crippen LogP contribution in [0.25, 0.3) is 34.3 Å². The number of pyridine rings is 1. The van der Waals surface area contributed by atoms with Crippen molar-refractivity contribution in [3.8, 4) is 11.3 Å². The molecule has 3 aromatic heterocycles. The predicted molar refractivity (Wildman–Crippen MR) is 120 cm³/mol. The zero-order valence-corrected chi connectivity index (χ0v) is 18.3. The fourth-order valence-corrected chi connectivity index (χ4v) is 5.22. The number of carbonyl (C=O) groups is 1. The average molecular weight is 472 g/mol. The maximum atomic E-state index is 13.4. The molecule has 34 heavy (non-hydrogen) atoms. The highest BCUT2D eigenvalue weighted by Crippen LogP contribution is 2.38. The number of halogens is 3. The van der Waals surface area contributed by atoms with E-state index in [1.807, 2.05) is 0 Å². The molecular formula is C24H23F3N4O3. The van der Waals surface area contributed by atoms with Crippen molar-refractivity contribution in [1.82, 2.24) is 19.7 Å². The van der Waals surface area contributed by atoms with Gasteiger partial charge in [-0.1, -0.05) is 19.2 Å². The molecule has 5 heterocycles. The standard InChI is InChI=1S/C24H23F3N4O3/c1-3-16-18(11-34-21(16)4-2)22-17-10-28-19(9-20(17)30(29-22)12-24(25,26)27)23(33)31-13-5-6-14(31)8-15(32)7-13/h3-4,9-11,13-15,32H,1-2,5-8,12H2. The van der Waals surface area contributed by atoms with E-state index in [1.165, 1.54) is 30.7 Å². The van der Waals surface area contributed by atoms with E-state index < -0.39 is 18.8 Å². The van der Waals surface area contributed by atoms with Gasteiger partial charge < -0.3 is 14.4 Å². The number of hydrogen-bond acceptors (Lipinski definition) is 5. The Morgan fingerprint density at radius 2 is 1.94 bits per heavy atom. The molecule has 0 spiro atoms. The third-order valence-electron chi connectivity index (χ3n) is 6.63. The number of furan rings is 1. The first-order valence-corrected chi connectivity index (χ1v) is 11.0. The highest BCUT2D eigenvalue weighted by Gasteiger charge is 2.43. The van der Waals surface area contributed by atoms with Crippen LogP contribution in [0.3, 0.4) is 0 Å². The smallest absolute Gasteiger partial charge is 0.408 e. The molecule has 3 aromatic rings. The van der Waals surface area contributed by atoms with Gasteiger partial charge in [0.05, 0.1) is 11.6 Å². The summed E-state index contributed by atoms with van der Waals surface area (Å²) in [5.41, 5.74) is 1.46. The SMILES string of the molecule is C=Cc1occ(-c2nn(CC(F)(F)F)c3cc(C(=O)N4C5CCC4CC(O)C5)ncc23)c1C=C. The molecule has 2 aliphatic heterocycles. The molecule has 2 bridgehead atoms. The van der Waals surface area contributed by atoms with Crippen molar-refractivity contribution >= 4 is 29.0 Å². The minimum atomic E-state index is -4.52. The van der Waals surface area contributed by atoms with E-state index in [2.05, 4.69) is 23.2 Å². The zero-order valence-electron chi connectivity index (χ0n) is 18.3. The second-order valence-electron chi connectivity index (χ2n) is 8.77. The Balaban J connectivity index is 1.61. The minimum absolute atomic E-state index is 0.0542. The zero-order chi connectivity index (χ0) is 24.2.